The summed E-state index contributed by atoms with van der Waals surface area (Å²) in [5.41, 5.74) is 2.72. The van der Waals surface area contributed by atoms with E-state index in [4.69, 9.17) is 11.6 Å². The Morgan fingerprint density at radius 1 is 1.14 bits per heavy atom. The Kier molecular flexibility index (Phi) is 2.72. The van der Waals surface area contributed by atoms with Crippen LogP contribution in [0.1, 0.15) is 5.56 Å². The number of hydrogen-bond donors (Lipinski definition) is 0. The third-order valence-electron chi connectivity index (χ3n) is 1.93. The molecule has 2 aromatic rings. The highest BCUT2D eigenvalue weighted by Gasteiger charge is 2.10. The van der Waals surface area contributed by atoms with Gasteiger partial charge < -0.3 is 0 Å². The third kappa shape index (κ3) is 1.75. The second-order valence-electron chi connectivity index (χ2n) is 2.97. The Labute approximate surface area is 94.0 Å². The van der Waals surface area contributed by atoms with Crippen molar-refractivity contribution in [2.75, 3.05) is 0 Å². The van der Waals surface area contributed by atoms with Crippen molar-refractivity contribution < 1.29 is 0 Å². The molecule has 1 aromatic carbocycles. The van der Waals surface area contributed by atoms with Crippen LogP contribution in [0.25, 0.3) is 11.1 Å². The lowest BCUT2D eigenvalue weighted by atomic mass is 10.1. The van der Waals surface area contributed by atoms with E-state index >= 15 is 0 Å². The first-order valence-electron chi connectivity index (χ1n) is 4.04. The van der Waals surface area contributed by atoms with Crippen molar-refractivity contribution in [2.45, 2.75) is 6.92 Å². The van der Waals surface area contributed by atoms with Crippen LogP contribution >= 0.6 is 32.3 Å². The minimum atomic E-state index is 0.0452. The molecule has 0 aliphatic rings. The highest BCUT2D eigenvalue weighted by atomic mass is 35.5. The molecule has 0 aliphatic heterocycles. The van der Waals surface area contributed by atoms with E-state index < -0.39 is 0 Å². The average Bonchev–Trinajstić information content (AvgIpc) is 2.49. The standard InChI is InChI=1S/C10H7ClOS2/c1-6-2-4-7(5-3-6)8-9(11)13-14-10(8)12/h2-5H,1H3. The Bertz CT molecular complexity index is 496. The van der Waals surface area contributed by atoms with Crippen LogP contribution in [0, 0.1) is 6.92 Å². The van der Waals surface area contributed by atoms with Gasteiger partial charge in [0.05, 0.1) is 5.56 Å². The van der Waals surface area contributed by atoms with E-state index in [9.17, 15) is 4.79 Å². The summed E-state index contributed by atoms with van der Waals surface area (Å²) in [4.78, 5) is 11.5. The molecule has 0 amide bonds. The van der Waals surface area contributed by atoms with Gasteiger partial charge >= 0.3 is 0 Å². The van der Waals surface area contributed by atoms with Gasteiger partial charge in [-0.25, -0.2) is 0 Å². The zero-order valence-corrected chi connectivity index (χ0v) is 9.80. The molecule has 0 atom stereocenters. The van der Waals surface area contributed by atoms with Crippen molar-refractivity contribution in [1.29, 1.82) is 0 Å². The van der Waals surface area contributed by atoms with Gasteiger partial charge in [-0.1, -0.05) is 51.8 Å². The highest BCUT2D eigenvalue weighted by Crippen LogP contribution is 2.31. The molecule has 0 aliphatic carbocycles. The molecule has 0 saturated carbocycles. The summed E-state index contributed by atoms with van der Waals surface area (Å²) in [5, 5.41) is 0. The van der Waals surface area contributed by atoms with E-state index in [1.165, 1.54) is 26.2 Å². The van der Waals surface area contributed by atoms with Gasteiger partial charge in [-0.3, -0.25) is 4.79 Å². The molecule has 0 radical (unpaired) electrons. The van der Waals surface area contributed by atoms with E-state index in [0.717, 1.165) is 5.56 Å². The molecule has 0 bridgehead atoms. The van der Waals surface area contributed by atoms with Gasteiger partial charge in [0.2, 0.25) is 0 Å². The number of hydrogen-bond acceptors (Lipinski definition) is 3. The molecule has 1 aromatic heterocycles. The maximum Gasteiger partial charge on any atom is 0.252 e. The molecule has 0 fully saturated rings. The first-order valence-corrected chi connectivity index (χ1v) is 6.57. The minimum Gasteiger partial charge on any atom is -0.276 e. The monoisotopic (exact) mass is 242 g/mol. The molecule has 14 heavy (non-hydrogen) atoms. The predicted molar refractivity (Wildman–Crippen MR) is 63.6 cm³/mol. The smallest absolute Gasteiger partial charge is 0.252 e. The van der Waals surface area contributed by atoms with Crippen molar-refractivity contribution in [3.05, 3.63) is 43.7 Å². The van der Waals surface area contributed by atoms with Crippen molar-refractivity contribution in [3.8, 4) is 11.1 Å². The molecule has 0 unspecified atom stereocenters. The molecule has 0 spiro atoms. The minimum absolute atomic E-state index is 0.0452. The van der Waals surface area contributed by atoms with E-state index in [2.05, 4.69) is 0 Å². The van der Waals surface area contributed by atoms with Crippen LogP contribution in [-0.2, 0) is 0 Å². The van der Waals surface area contributed by atoms with Crippen LogP contribution in [0.2, 0.25) is 4.34 Å². The van der Waals surface area contributed by atoms with Crippen molar-refractivity contribution in [2.24, 2.45) is 0 Å². The number of halogens is 1. The van der Waals surface area contributed by atoms with Crippen LogP contribution in [-0.4, -0.2) is 0 Å². The zero-order chi connectivity index (χ0) is 10.1. The van der Waals surface area contributed by atoms with Crippen LogP contribution in [0.4, 0.5) is 0 Å². The Morgan fingerprint density at radius 2 is 1.79 bits per heavy atom. The Balaban J connectivity index is 2.60. The summed E-state index contributed by atoms with van der Waals surface area (Å²) in [7, 11) is 2.51. The topological polar surface area (TPSA) is 17.1 Å². The van der Waals surface area contributed by atoms with Crippen LogP contribution in [0.3, 0.4) is 0 Å². The second kappa shape index (κ2) is 3.85. The van der Waals surface area contributed by atoms with Crippen LogP contribution < -0.4 is 4.74 Å². The summed E-state index contributed by atoms with van der Waals surface area (Å²) >= 11 is 5.95. The largest absolute Gasteiger partial charge is 0.276 e. The fourth-order valence-electron chi connectivity index (χ4n) is 1.19. The van der Waals surface area contributed by atoms with Crippen molar-refractivity contribution in [1.82, 2.24) is 0 Å². The summed E-state index contributed by atoms with van der Waals surface area (Å²) < 4.78 is 0.632. The summed E-state index contributed by atoms with van der Waals surface area (Å²) in [5.74, 6) is 0. The number of benzene rings is 1. The first-order chi connectivity index (χ1) is 6.68. The van der Waals surface area contributed by atoms with Gasteiger partial charge in [0.15, 0.2) is 0 Å². The summed E-state index contributed by atoms with van der Waals surface area (Å²) in [6.45, 7) is 2.01. The van der Waals surface area contributed by atoms with Gasteiger partial charge in [-0.05, 0) is 22.8 Å². The normalized spacial score (nSPS) is 10.4. The van der Waals surface area contributed by atoms with Crippen molar-refractivity contribution in [3.63, 3.8) is 0 Å². The number of rotatable bonds is 1. The number of aryl methyl sites for hydroxylation is 1. The van der Waals surface area contributed by atoms with Crippen molar-refractivity contribution >= 4 is 32.3 Å². The average molecular weight is 243 g/mol. The lowest BCUT2D eigenvalue weighted by Gasteiger charge is -1.97. The van der Waals surface area contributed by atoms with E-state index in [1.807, 2.05) is 31.2 Å². The maximum absolute atomic E-state index is 11.5. The lowest BCUT2D eigenvalue weighted by molar-refractivity contribution is 1.47. The van der Waals surface area contributed by atoms with E-state index in [0.29, 0.717) is 9.90 Å². The maximum atomic E-state index is 11.5. The first kappa shape index (κ1) is 9.90. The molecular weight excluding hydrogens is 236 g/mol. The molecule has 0 N–H and O–H groups in total. The Hall–Kier alpha value is -0.640. The fraction of sp³-hybridized carbons (Fsp3) is 0.100. The SMILES string of the molecule is Cc1ccc(-c2c(Cl)ssc2=O)cc1. The van der Waals surface area contributed by atoms with E-state index in [-0.39, 0.29) is 4.74 Å². The van der Waals surface area contributed by atoms with Crippen LogP contribution in [0.15, 0.2) is 29.1 Å². The molecular formula is C10H7ClOS2. The molecule has 2 rings (SSSR count). The van der Waals surface area contributed by atoms with Gasteiger partial charge in [0, 0.05) is 0 Å². The fourth-order valence-corrected chi connectivity index (χ4v) is 3.48. The van der Waals surface area contributed by atoms with Gasteiger partial charge in [-0.2, -0.15) is 0 Å². The quantitative estimate of drug-likeness (QED) is 0.696. The molecule has 72 valence electrons. The second-order valence-corrected chi connectivity index (χ2v) is 5.68. The van der Waals surface area contributed by atoms with Gasteiger partial charge in [0.25, 0.3) is 4.74 Å². The van der Waals surface area contributed by atoms with Gasteiger partial charge in [-0.15, -0.1) is 0 Å². The van der Waals surface area contributed by atoms with E-state index in [1.54, 1.807) is 0 Å². The third-order valence-corrected chi connectivity index (χ3v) is 4.62. The summed E-state index contributed by atoms with van der Waals surface area (Å²) in [6.07, 6.45) is 0. The molecule has 0 saturated heterocycles. The van der Waals surface area contributed by atoms with Gasteiger partial charge in [0.1, 0.15) is 4.34 Å². The molecule has 4 heteroatoms. The molecule has 1 heterocycles. The Morgan fingerprint density at radius 3 is 2.29 bits per heavy atom. The predicted octanol–water partition coefficient (Wildman–Crippen LogP) is 3.80. The lowest BCUT2D eigenvalue weighted by Crippen LogP contribution is -1.93. The summed E-state index contributed by atoms with van der Waals surface area (Å²) in [6, 6.07) is 7.82. The van der Waals surface area contributed by atoms with Crippen LogP contribution in [0.5, 0.6) is 0 Å². The zero-order valence-electron chi connectivity index (χ0n) is 7.41. The molecule has 1 nitrogen and oxygen atoms in total. The highest BCUT2D eigenvalue weighted by molar-refractivity contribution is 7.69.